The van der Waals surface area contributed by atoms with Gasteiger partial charge in [0.25, 0.3) is 0 Å². The number of amides is 1. The minimum absolute atomic E-state index is 0.0103. The van der Waals surface area contributed by atoms with E-state index in [4.69, 9.17) is 0 Å². The quantitative estimate of drug-likeness (QED) is 0.653. The number of carbonyl (C=O) groups excluding carboxylic acids is 1. The Labute approximate surface area is 174 Å². The minimum Gasteiger partial charge on any atom is -0.369 e. The number of aromatic nitrogens is 1. The molecule has 2 N–H and O–H groups in total. The van der Waals surface area contributed by atoms with Gasteiger partial charge in [-0.15, -0.1) is 0 Å². The van der Waals surface area contributed by atoms with E-state index in [2.05, 4.69) is 20.1 Å². The highest BCUT2D eigenvalue weighted by Gasteiger charge is 2.25. The Kier molecular flexibility index (Phi) is 5.99. The Morgan fingerprint density at radius 1 is 1.07 bits per heavy atom. The number of carbonyl (C=O) groups is 1. The third-order valence-corrected chi connectivity index (χ3v) is 5.86. The molecule has 1 aliphatic heterocycles. The zero-order chi connectivity index (χ0) is 21.1. The van der Waals surface area contributed by atoms with E-state index in [1.54, 1.807) is 18.2 Å². The number of hydrogen-bond donors (Lipinski definition) is 2. The van der Waals surface area contributed by atoms with E-state index in [1.807, 2.05) is 13.1 Å². The normalized spacial score (nSPS) is 16.0. The highest BCUT2D eigenvalue weighted by Crippen LogP contribution is 2.20. The monoisotopic (exact) mass is 412 g/mol. The van der Waals surface area contributed by atoms with Gasteiger partial charge in [0, 0.05) is 55.5 Å². The van der Waals surface area contributed by atoms with Gasteiger partial charge in [0.1, 0.15) is 11.6 Å². The number of fused-ring (bicyclic) bond motifs is 1. The summed E-state index contributed by atoms with van der Waals surface area (Å²) < 4.78 is 26.4. The highest BCUT2D eigenvalue weighted by molar-refractivity contribution is 5.84. The first-order valence-electron chi connectivity index (χ1n) is 10.3. The van der Waals surface area contributed by atoms with Crippen LogP contribution >= 0.6 is 0 Å². The molecule has 4 rings (SSSR count). The van der Waals surface area contributed by atoms with Gasteiger partial charge in [-0.25, -0.2) is 8.78 Å². The summed E-state index contributed by atoms with van der Waals surface area (Å²) in [5, 5.41) is 4.00. The topological polar surface area (TPSA) is 51.4 Å². The maximum atomic E-state index is 13.3. The molecule has 0 aliphatic carbocycles. The zero-order valence-electron chi connectivity index (χ0n) is 17.0. The fraction of sp³-hybridized carbons (Fsp3) is 0.348. The van der Waals surface area contributed by atoms with Gasteiger partial charge in [-0.1, -0.05) is 0 Å². The Bertz CT molecular complexity index is 1010. The van der Waals surface area contributed by atoms with Crippen molar-refractivity contribution < 1.29 is 13.6 Å². The first-order valence-corrected chi connectivity index (χ1v) is 10.3. The molecule has 1 atom stereocenters. The van der Waals surface area contributed by atoms with Crippen LogP contribution in [0.2, 0.25) is 0 Å². The molecule has 0 bridgehead atoms. The molecular weight excluding hydrogens is 386 g/mol. The van der Waals surface area contributed by atoms with Crippen molar-refractivity contribution in [1.82, 2.24) is 15.2 Å². The maximum absolute atomic E-state index is 13.3. The van der Waals surface area contributed by atoms with E-state index in [1.165, 1.54) is 24.3 Å². The predicted molar refractivity (Wildman–Crippen MR) is 115 cm³/mol. The standard InChI is InChI=1S/C23H26F2N4O/c1-16(28-10-12-29(13-11-28)20-5-2-18(24)3-6-20)23(30)26-9-8-17-15-27-22-14-19(25)4-7-21(17)22/h2-7,14-16,27H,8-13H2,1H3,(H,26,30). The SMILES string of the molecule is CC(C(=O)NCCc1c[nH]c2cc(F)ccc12)N1CCN(c2ccc(F)cc2)CC1. The van der Waals surface area contributed by atoms with Gasteiger partial charge >= 0.3 is 0 Å². The Balaban J connectivity index is 1.25. The Morgan fingerprint density at radius 3 is 2.50 bits per heavy atom. The molecule has 1 unspecified atom stereocenters. The van der Waals surface area contributed by atoms with Gasteiger partial charge in [-0.05, 0) is 61.4 Å². The van der Waals surface area contributed by atoms with Gasteiger partial charge in [0.05, 0.1) is 6.04 Å². The third kappa shape index (κ3) is 4.46. The van der Waals surface area contributed by atoms with Crippen LogP contribution < -0.4 is 10.2 Å². The van der Waals surface area contributed by atoms with Gasteiger partial charge in [-0.3, -0.25) is 9.69 Å². The van der Waals surface area contributed by atoms with Crippen molar-refractivity contribution in [2.45, 2.75) is 19.4 Å². The van der Waals surface area contributed by atoms with Gasteiger partial charge in [0.15, 0.2) is 0 Å². The summed E-state index contributed by atoms with van der Waals surface area (Å²) in [6, 6.07) is 11.0. The van der Waals surface area contributed by atoms with Crippen LogP contribution in [-0.4, -0.2) is 54.6 Å². The number of aromatic amines is 1. The van der Waals surface area contributed by atoms with Crippen LogP contribution in [0, 0.1) is 11.6 Å². The number of hydrogen-bond acceptors (Lipinski definition) is 3. The van der Waals surface area contributed by atoms with Crippen molar-refractivity contribution in [2.24, 2.45) is 0 Å². The molecule has 2 aromatic carbocycles. The summed E-state index contributed by atoms with van der Waals surface area (Å²) in [7, 11) is 0. The van der Waals surface area contributed by atoms with Crippen molar-refractivity contribution in [2.75, 3.05) is 37.6 Å². The van der Waals surface area contributed by atoms with Gasteiger partial charge in [0.2, 0.25) is 5.91 Å². The molecule has 5 nitrogen and oxygen atoms in total. The lowest BCUT2D eigenvalue weighted by Crippen LogP contribution is -2.54. The summed E-state index contributed by atoms with van der Waals surface area (Å²) >= 11 is 0. The van der Waals surface area contributed by atoms with Crippen molar-refractivity contribution in [3.05, 3.63) is 65.9 Å². The summed E-state index contributed by atoms with van der Waals surface area (Å²) in [6.45, 7) is 5.62. The molecule has 158 valence electrons. The molecule has 0 radical (unpaired) electrons. The smallest absolute Gasteiger partial charge is 0.237 e. The largest absolute Gasteiger partial charge is 0.369 e. The number of piperazine rings is 1. The molecule has 0 saturated carbocycles. The average Bonchev–Trinajstić information content (AvgIpc) is 3.15. The molecule has 1 fully saturated rings. The van der Waals surface area contributed by atoms with Crippen molar-refractivity contribution >= 4 is 22.5 Å². The van der Waals surface area contributed by atoms with Crippen LogP contribution in [0.3, 0.4) is 0 Å². The Morgan fingerprint density at radius 2 is 1.77 bits per heavy atom. The summed E-state index contributed by atoms with van der Waals surface area (Å²) in [5.74, 6) is -0.490. The van der Waals surface area contributed by atoms with E-state index in [9.17, 15) is 13.6 Å². The number of halogens is 2. The average molecular weight is 412 g/mol. The number of rotatable bonds is 6. The summed E-state index contributed by atoms with van der Waals surface area (Å²) in [5.41, 5.74) is 2.83. The number of H-pyrrole nitrogens is 1. The molecule has 1 amide bonds. The van der Waals surface area contributed by atoms with Crippen molar-refractivity contribution in [1.29, 1.82) is 0 Å². The van der Waals surface area contributed by atoms with E-state index < -0.39 is 0 Å². The van der Waals surface area contributed by atoms with Crippen molar-refractivity contribution in [3.8, 4) is 0 Å². The lowest BCUT2D eigenvalue weighted by atomic mass is 10.1. The molecule has 0 spiro atoms. The van der Waals surface area contributed by atoms with Crippen molar-refractivity contribution in [3.63, 3.8) is 0 Å². The lowest BCUT2D eigenvalue weighted by Gasteiger charge is -2.38. The molecule has 2 heterocycles. The number of nitrogens with one attached hydrogen (secondary N) is 2. The van der Waals surface area contributed by atoms with Crippen LogP contribution in [0.15, 0.2) is 48.7 Å². The second-order valence-electron chi connectivity index (χ2n) is 7.72. The fourth-order valence-corrected chi connectivity index (χ4v) is 4.02. The first kappa shape index (κ1) is 20.3. The predicted octanol–water partition coefficient (Wildman–Crippen LogP) is 3.32. The number of anilines is 1. The molecule has 30 heavy (non-hydrogen) atoms. The van der Waals surface area contributed by atoms with Crippen LogP contribution in [0.25, 0.3) is 10.9 Å². The third-order valence-electron chi connectivity index (χ3n) is 5.86. The molecule has 3 aromatic rings. The Hall–Kier alpha value is -2.93. The van der Waals surface area contributed by atoms with Crippen LogP contribution in [0.1, 0.15) is 12.5 Å². The van der Waals surface area contributed by atoms with Crippen LogP contribution in [-0.2, 0) is 11.2 Å². The van der Waals surface area contributed by atoms with E-state index in [0.717, 1.165) is 48.3 Å². The van der Waals surface area contributed by atoms with E-state index in [-0.39, 0.29) is 23.6 Å². The number of benzene rings is 2. The second-order valence-corrected chi connectivity index (χ2v) is 7.72. The summed E-state index contributed by atoms with van der Waals surface area (Å²) in [6.07, 6.45) is 2.55. The second kappa shape index (κ2) is 8.83. The van der Waals surface area contributed by atoms with Crippen LogP contribution in [0.4, 0.5) is 14.5 Å². The molecule has 1 aliphatic rings. The van der Waals surface area contributed by atoms with E-state index in [0.29, 0.717) is 13.0 Å². The van der Waals surface area contributed by atoms with Crippen LogP contribution in [0.5, 0.6) is 0 Å². The lowest BCUT2D eigenvalue weighted by molar-refractivity contribution is -0.125. The maximum Gasteiger partial charge on any atom is 0.237 e. The van der Waals surface area contributed by atoms with E-state index >= 15 is 0 Å². The summed E-state index contributed by atoms with van der Waals surface area (Å²) in [4.78, 5) is 20.1. The zero-order valence-corrected chi connectivity index (χ0v) is 17.0. The minimum atomic E-state index is -0.266. The number of nitrogens with zero attached hydrogens (tertiary/aromatic N) is 2. The molecule has 1 saturated heterocycles. The van der Waals surface area contributed by atoms with Gasteiger partial charge in [-0.2, -0.15) is 0 Å². The molecule has 1 aromatic heterocycles. The first-order chi connectivity index (χ1) is 14.5. The molecule has 7 heteroatoms. The van der Waals surface area contributed by atoms with Gasteiger partial charge < -0.3 is 15.2 Å². The fourth-order valence-electron chi connectivity index (χ4n) is 4.02. The molecular formula is C23H26F2N4O. The highest BCUT2D eigenvalue weighted by atomic mass is 19.1.